The number of nitrogens with zero attached hydrogens (tertiary/aromatic N) is 6. The van der Waals surface area contributed by atoms with Crippen LogP contribution >= 0.6 is 0 Å². The van der Waals surface area contributed by atoms with Crippen LogP contribution in [0, 0.1) is 27.3 Å². The number of carbonyl (C=O) groups is 1. The number of sulfonamides is 1. The van der Waals surface area contributed by atoms with Gasteiger partial charge < -0.3 is 29.8 Å². The summed E-state index contributed by atoms with van der Waals surface area (Å²) in [5.74, 6) is -1.71. The second-order valence-electron chi connectivity index (χ2n) is 20.4. The highest BCUT2D eigenvalue weighted by atomic mass is 32.2. The van der Waals surface area contributed by atoms with Crippen molar-refractivity contribution in [3.63, 3.8) is 0 Å². The Morgan fingerprint density at radius 2 is 1.75 bits per heavy atom. The van der Waals surface area contributed by atoms with Gasteiger partial charge in [0, 0.05) is 81.4 Å². The number of anilines is 2. The summed E-state index contributed by atoms with van der Waals surface area (Å²) in [6.45, 7) is 8.82. The first kappa shape index (κ1) is 50.9. The highest BCUT2D eigenvalue weighted by Gasteiger charge is 2.50. The van der Waals surface area contributed by atoms with Gasteiger partial charge in [-0.05, 0) is 98.8 Å². The van der Waals surface area contributed by atoms with Crippen molar-refractivity contribution >= 4 is 54.4 Å². The SMILES string of the molecule is COc1nc2[nH]cc(F)c2cc1Oc1cc(N2CCC3(CC2)CC(N2CCN(S(N)(=O)=O)C[C@H]2c2ccccc2C(C)C)C3)ccc1C(=O)NS(=O)(=O)c1cnc(NCC2CCC(C)(O)CC2)c([N+](=O)[O-])c1. The Hall–Kier alpha value is -5.98. The number of pyridine rings is 2. The summed E-state index contributed by atoms with van der Waals surface area (Å²) in [6, 6.07) is 15.2. The number of ether oxygens (including phenoxy) is 2. The number of hydrogen-bond donors (Lipinski definition) is 5. The quantitative estimate of drug-likeness (QED) is 0.0539. The molecule has 386 valence electrons. The number of piperidine rings is 1. The van der Waals surface area contributed by atoms with Crippen LogP contribution in [-0.2, 0) is 20.2 Å². The number of aliphatic hydroxyl groups is 1. The van der Waals surface area contributed by atoms with Crippen LogP contribution in [0.2, 0.25) is 0 Å². The molecular formula is C49H61FN10O10S2. The van der Waals surface area contributed by atoms with Gasteiger partial charge in [0.2, 0.25) is 5.82 Å². The maximum absolute atomic E-state index is 14.9. The number of rotatable bonds is 15. The van der Waals surface area contributed by atoms with Crippen molar-refractivity contribution in [1.82, 2.24) is 28.9 Å². The third kappa shape index (κ3) is 10.6. The molecule has 1 atom stereocenters. The number of aromatic amines is 1. The van der Waals surface area contributed by atoms with Crippen LogP contribution in [0.1, 0.15) is 106 Å². The monoisotopic (exact) mass is 1030 g/mol. The number of hydrogen-bond acceptors (Lipinski definition) is 15. The molecule has 5 aromatic rings. The molecule has 2 aromatic carbocycles. The minimum Gasteiger partial charge on any atom is -0.478 e. The van der Waals surface area contributed by atoms with Crippen molar-refractivity contribution in [3.8, 4) is 17.4 Å². The zero-order valence-corrected chi connectivity index (χ0v) is 42.3. The lowest BCUT2D eigenvalue weighted by molar-refractivity contribution is -0.384. The van der Waals surface area contributed by atoms with Gasteiger partial charge in [0.15, 0.2) is 5.75 Å². The average Bonchev–Trinajstić information content (AvgIpc) is 3.70. The third-order valence-corrected chi connectivity index (χ3v) is 17.6. The van der Waals surface area contributed by atoms with Crippen LogP contribution in [0.3, 0.4) is 0 Å². The van der Waals surface area contributed by atoms with Crippen molar-refractivity contribution in [1.29, 1.82) is 0 Å². The van der Waals surface area contributed by atoms with Gasteiger partial charge in [-0.25, -0.2) is 27.7 Å². The number of benzene rings is 2. The Bertz CT molecular complexity index is 3090. The van der Waals surface area contributed by atoms with Gasteiger partial charge in [0.25, 0.3) is 32.0 Å². The maximum Gasteiger partial charge on any atom is 0.312 e. The topological polar surface area (TPSA) is 269 Å². The van der Waals surface area contributed by atoms with Crippen molar-refractivity contribution in [2.75, 3.05) is 56.6 Å². The van der Waals surface area contributed by atoms with Crippen LogP contribution in [-0.4, -0.2) is 115 Å². The van der Waals surface area contributed by atoms with Crippen molar-refractivity contribution in [2.45, 2.75) is 101 Å². The summed E-state index contributed by atoms with van der Waals surface area (Å²) < 4.78 is 82.8. The molecule has 2 aliphatic carbocycles. The van der Waals surface area contributed by atoms with E-state index in [4.69, 9.17) is 14.6 Å². The number of H-pyrrole nitrogens is 1. The number of carbonyl (C=O) groups excluding carboxylic acids is 1. The van der Waals surface area contributed by atoms with Gasteiger partial charge >= 0.3 is 5.69 Å². The molecule has 0 radical (unpaired) electrons. The summed E-state index contributed by atoms with van der Waals surface area (Å²) in [5, 5.41) is 31.2. The zero-order chi connectivity index (χ0) is 51.3. The fraction of sp³-hybridized carbons (Fsp3) is 0.490. The Kier molecular flexibility index (Phi) is 14.0. The molecule has 5 heterocycles. The van der Waals surface area contributed by atoms with E-state index in [-0.39, 0.29) is 75.7 Å². The second-order valence-corrected chi connectivity index (χ2v) is 23.6. The maximum atomic E-state index is 14.9. The van der Waals surface area contributed by atoms with Crippen LogP contribution in [0.25, 0.3) is 11.0 Å². The largest absolute Gasteiger partial charge is 0.478 e. The number of aromatic nitrogens is 3. The number of methoxy groups -OCH3 is 1. The molecular weight excluding hydrogens is 972 g/mol. The van der Waals surface area contributed by atoms with Crippen molar-refractivity contribution < 1.29 is 45.5 Å². The summed E-state index contributed by atoms with van der Waals surface area (Å²) in [5.41, 5.74) is 1.61. The molecule has 4 aliphatic rings. The zero-order valence-electron chi connectivity index (χ0n) is 40.6. The molecule has 2 aliphatic heterocycles. The van der Waals surface area contributed by atoms with Gasteiger partial charge in [0.1, 0.15) is 22.1 Å². The molecule has 0 bridgehead atoms. The summed E-state index contributed by atoms with van der Waals surface area (Å²) in [7, 11) is -7.30. The summed E-state index contributed by atoms with van der Waals surface area (Å²) in [6.07, 6.45) is 8.19. The Morgan fingerprint density at radius 1 is 1.03 bits per heavy atom. The average molecular weight is 1030 g/mol. The van der Waals surface area contributed by atoms with Crippen LogP contribution in [0.15, 0.2) is 71.9 Å². The molecule has 72 heavy (non-hydrogen) atoms. The lowest BCUT2D eigenvalue weighted by Crippen LogP contribution is -2.61. The molecule has 0 unspecified atom stereocenters. The van der Waals surface area contributed by atoms with Crippen molar-refractivity contribution in [2.24, 2.45) is 16.5 Å². The molecule has 3 aromatic heterocycles. The van der Waals surface area contributed by atoms with Gasteiger partial charge in [-0.3, -0.25) is 19.8 Å². The molecule has 2 saturated heterocycles. The number of halogens is 1. The molecule has 6 N–H and O–H groups in total. The first-order valence-electron chi connectivity index (χ1n) is 24.2. The second kappa shape index (κ2) is 19.8. The van der Waals surface area contributed by atoms with Crippen molar-refractivity contribution in [3.05, 3.63) is 99.6 Å². The smallest absolute Gasteiger partial charge is 0.312 e. The number of nitrogens with two attached hydrogens (primary N) is 1. The normalized spacial score (nSPS) is 22.2. The Morgan fingerprint density at radius 3 is 2.43 bits per heavy atom. The highest BCUT2D eigenvalue weighted by molar-refractivity contribution is 7.90. The lowest BCUT2D eigenvalue weighted by Gasteiger charge is -2.58. The molecule has 2 saturated carbocycles. The number of nitrogens with one attached hydrogen (secondary N) is 3. The highest BCUT2D eigenvalue weighted by Crippen LogP contribution is 2.53. The molecule has 20 nitrogen and oxygen atoms in total. The molecule has 23 heteroatoms. The predicted molar refractivity (Wildman–Crippen MR) is 267 cm³/mol. The van der Waals surface area contributed by atoms with Crippen LogP contribution in [0.4, 0.5) is 21.6 Å². The standard InChI is InChI=1S/C49H61FN10O10S2/c1-30(2)35-7-5-6-8-36(35)41-29-58(72(51,67)68)19-20-59(41)33-24-49(25-33)15-17-57(18-16-49)32-9-10-37(42(21-32)70-43-23-38-39(50)28-54-44(38)55-47(43)69-4)46(61)56-71(65,66)34-22-40(60(63)64)45(53-27-34)52-26-31-11-13-48(3,62)14-12-31/h5-10,21-23,27-28,30-31,33,41,62H,11-20,24-26,29H2,1-4H3,(H,52,53)(H,54,55)(H,56,61)(H2,51,67,68)/t31?,41-,48?/m0/s1. The number of amides is 1. The molecule has 1 amide bonds. The first-order chi connectivity index (χ1) is 34.1. The summed E-state index contributed by atoms with van der Waals surface area (Å²) >= 11 is 0. The number of fused-ring (bicyclic) bond motifs is 1. The van der Waals surface area contributed by atoms with E-state index in [9.17, 15) is 41.2 Å². The first-order valence-corrected chi connectivity index (χ1v) is 27.2. The van der Waals surface area contributed by atoms with E-state index in [0.29, 0.717) is 64.1 Å². The van der Waals surface area contributed by atoms with Crippen LogP contribution in [0.5, 0.6) is 17.4 Å². The minimum absolute atomic E-state index is 0.0448. The summed E-state index contributed by atoms with van der Waals surface area (Å²) in [4.78, 5) is 40.7. The van der Waals surface area contributed by atoms with E-state index in [0.717, 1.165) is 49.7 Å². The van der Waals surface area contributed by atoms with Crippen LogP contribution < -0.4 is 29.6 Å². The fourth-order valence-electron chi connectivity index (χ4n) is 11.0. The van der Waals surface area contributed by atoms with E-state index in [2.05, 4.69) is 56.0 Å². The lowest BCUT2D eigenvalue weighted by atomic mass is 9.59. The molecule has 9 rings (SSSR count). The molecule has 4 fully saturated rings. The van der Waals surface area contributed by atoms with E-state index < -0.39 is 53.1 Å². The van der Waals surface area contributed by atoms with Gasteiger partial charge in [-0.15, -0.1) is 0 Å². The van der Waals surface area contributed by atoms with Gasteiger partial charge in [0.05, 0.1) is 34.8 Å². The number of piperazine rings is 1. The Labute approximate surface area is 417 Å². The van der Waals surface area contributed by atoms with E-state index in [1.807, 2.05) is 16.9 Å². The van der Waals surface area contributed by atoms with E-state index >= 15 is 0 Å². The van der Waals surface area contributed by atoms with E-state index in [1.54, 1.807) is 19.1 Å². The fourth-order valence-corrected chi connectivity index (χ4v) is 12.6. The number of nitro groups is 1. The Balaban J connectivity index is 0.933. The van der Waals surface area contributed by atoms with E-state index in [1.165, 1.54) is 29.1 Å². The van der Waals surface area contributed by atoms with Gasteiger partial charge in [-0.2, -0.15) is 17.7 Å². The third-order valence-electron chi connectivity index (χ3n) is 15.2. The molecule has 1 spiro atoms. The minimum atomic E-state index is -4.76. The van der Waals surface area contributed by atoms with Gasteiger partial charge in [-0.1, -0.05) is 38.1 Å². The predicted octanol–water partition coefficient (Wildman–Crippen LogP) is 6.71.